The molecule has 33 heavy (non-hydrogen) atoms. The van der Waals surface area contributed by atoms with Crippen molar-refractivity contribution in [2.45, 2.75) is 45.7 Å². The predicted molar refractivity (Wildman–Crippen MR) is 133 cm³/mol. The topological polar surface area (TPSA) is 66.5 Å². The average Bonchev–Trinajstić information content (AvgIpc) is 2.79. The number of benzene rings is 3. The van der Waals surface area contributed by atoms with E-state index in [9.17, 15) is 13.2 Å². The summed E-state index contributed by atoms with van der Waals surface area (Å²) in [5.74, 6) is -0.113. The number of nitrogens with zero attached hydrogens (tertiary/aromatic N) is 1. The van der Waals surface area contributed by atoms with Gasteiger partial charge in [0.2, 0.25) is 10.0 Å². The Balaban J connectivity index is 1.51. The van der Waals surface area contributed by atoms with Gasteiger partial charge in [0.1, 0.15) is 0 Å². The maximum atomic E-state index is 12.9. The van der Waals surface area contributed by atoms with Crippen LogP contribution in [-0.4, -0.2) is 20.6 Å². The Labute approximate surface area is 196 Å². The second kappa shape index (κ2) is 9.40. The molecular formula is C27H30N2O3S. The Morgan fingerprint density at radius 2 is 1.76 bits per heavy atom. The summed E-state index contributed by atoms with van der Waals surface area (Å²) < 4.78 is 26.5. The van der Waals surface area contributed by atoms with Crippen LogP contribution >= 0.6 is 0 Å². The molecule has 0 radical (unpaired) electrons. The van der Waals surface area contributed by atoms with Gasteiger partial charge in [0, 0.05) is 5.56 Å². The molecule has 4 rings (SSSR count). The lowest BCUT2D eigenvalue weighted by Gasteiger charge is -2.26. The van der Waals surface area contributed by atoms with Crippen molar-refractivity contribution in [1.29, 1.82) is 0 Å². The Morgan fingerprint density at radius 1 is 1.03 bits per heavy atom. The highest BCUT2D eigenvalue weighted by Gasteiger charge is 2.23. The summed E-state index contributed by atoms with van der Waals surface area (Å²) in [6.45, 7) is 4.06. The fourth-order valence-corrected chi connectivity index (χ4v) is 5.38. The largest absolute Gasteiger partial charge is 0.345 e. The smallest absolute Gasteiger partial charge is 0.251 e. The maximum Gasteiger partial charge on any atom is 0.251 e. The molecule has 0 unspecified atom stereocenters. The van der Waals surface area contributed by atoms with E-state index in [2.05, 4.69) is 17.4 Å². The summed E-state index contributed by atoms with van der Waals surface area (Å²) in [5, 5.41) is 3.17. The van der Waals surface area contributed by atoms with Crippen LogP contribution in [0.3, 0.4) is 0 Å². The van der Waals surface area contributed by atoms with Gasteiger partial charge >= 0.3 is 0 Å². The second-order valence-corrected chi connectivity index (χ2v) is 10.8. The zero-order chi connectivity index (χ0) is 23.6. The van der Waals surface area contributed by atoms with Gasteiger partial charge in [0.15, 0.2) is 0 Å². The molecule has 1 aliphatic carbocycles. The van der Waals surface area contributed by atoms with E-state index < -0.39 is 10.0 Å². The predicted octanol–water partition coefficient (Wildman–Crippen LogP) is 5.08. The molecule has 3 aromatic rings. The van der Waals surface area contributed by atoms with Gasteiger partial charge in [-0.3, -0.25) is 9.10 Å². The third-order valence-corrected chi connectivity index (χ3v) is 7.38. The van der Waals surface area contributed by atoms with Crippen LogP contribution in [0.4, 0.5) is 5.69 Å². The van der Waals surface area contributed by atoms with Crippen LogP contribution < -0.4 is 9.62 Å². The molecule has 0 spiro atoms. The van der Waals surface area contributed by atoms with Crippen LogP contribution in [0.2, 0.25) is 0 Å². The molecule has 6 heteroatoms. The quantitative estimate of drug-likeness (QED) is 0.556. The normalized spacial score (nSPS) is 15.5. The molecule has 0 bridgehead atoms. The van der Waals surface area contributed by atoms with E-state index in [0.29, 0.717) is 11.3 Å². The molecule has 1 amide bonds. The Bertz CT molecular complexity index is 1270. The number of hydrogen-bond donors (Lipinski definition) is 1. The summed E-state index contributed by atoms with van der Waals surface area (Å²) in [6, 6.07) is 21.3. The summed E-state index contributed by atoms with van der Waals surface area (Å²) >= 11 is 0. The molecule has 5 nitrogen and oxygen atoms in total. The summed E-state index contributed by atoms with van der Waals surface area (Å²) in [4.78, 5) is 12.9. The van der Waals surface area contributed by atoms with Crippen molar-refractivity contribution in [3.63, 3.8) is 0 Å². The van der Waals surface area contributed by atoms with E-state index in [1.54, 1.807) is 12.1 Å². The zero-order valence-electron chi connectivity index (χ0n) is 19.3. The van der Waals surface area contributed by atoms with E-state index in [1.165, 1.54) is 21.7 Å². The molecule has 0 fully saturated rings. The number of anilines is 1. The zero-order valence-corrected chi connectivity index (χ0v) is 20.2. The number of sulfonamides is 1. The number of nitrogens with one attached hydrogen (secondary N) is 1. The van der Waals surface area contributed by atoms with Gasteiger partial charge in [-0.05, 0) is 79.1 Å². The molecule has 1 aliphatic rings. The highest BCUT2D eigenvalue weighted by Crippen LogP contribution is 2.30. The number of hydrogen-bond acceptors (Lipinski definition) is 3. The molecule has 1 N–H and O–H groups in total. The minimum Gasteiger partial charge on any atom is -0.345 e. The fraction of sp³-hybridized carbons (Fsp3) is 0.296. The van der Waals surface area contributed by atoms with Crippen molar-refractivity contribution < 1.29 is 13.2 Å². The van der Waals surface area contributed by atoms with E-state index in [1.807, 2.05) is 56.3 Å². The number of amides is 1. The minimum atomic E-state index is -3.48. The van der Waals surface area contributed by atoms with Gasteiger partial charge in [-0.1, -0.05) is 48.5 Å². The van der Waals surface area contributed by atoms with Crippen LogP contribution in [-0.2, 0) is 23.0 Å². The second-order valence-electron chi connectivity index (χ2n) is 8.87. The lowest BCUT2D eigenvalue weighted by atomic mass is 9.87. The molecule has 1 atom stereocenters. The number of fused-ring (bicyclic) bond motifs is 1. The molecule has 0 aliphatic heterocycles. The first-order valence-electron chi connectivity index (χ1n) is 11.2. The Morgan fingerprint density at radius 3 is 2.48 bits per heavy atom. The third kappa shape index (κ3) is 5.28. The molecule has 0 saturated heterocycles. The van der Waals surface area contributed by atoms with Crippen LogP contribution in [0.25, 0.3) is 0 Å². The first-order chi connectivity index (χ1) is 15.7. The molecule has 0 aromatic heterocycles. The van der Waals surface area contributed by atoms with Crippen molar-refractivity contribution >= 4 is 21.6 Å². The lowest BCUT2D eigenvalue weighted by molar-refractivity contribution is 0.0932. The van der Waals surface area contributed by atoms with Gasteiger partial charge in [-0.25, -0.2) is 8.42 Å². The van der Waals surface area contributed by atoms with Gasteiger partial charge < -0.3 is 5.32 Å². The number of rotatable bonds is 6. The molecule has 0 saturated carbocycles. The Hall–Kier alpha value is -3.12. The van der Waals surface area contributed by atoms with E-state index in [0.717, 1.165) is 36.0 Å². The summed E-state index contributed by atoms with van der Waals surface area (Å²) in [6.07, 6.45) is 4.26. The average molecular weight is 463 g/mol. The molecule has 3 aromatic carbocycles. The van der Waals surface area contributed by atoms with Crippen LogP contribution in [0.5, 0.6) is 0 Å². The van der Waals surface area contributed by atoms with Crippen LogP contribution in [0.15, 0.2) is 66.7 Å². The van der Waals surface area contributed by atoms with Crippen molar-refractivity contribution in [1.82, 2.24) is 5.32 Å². The number of carbonyl (C=O) groups excluding carboxylic acids is 1. The third-order valence-electron chi connectivity index (χ3n) is 6.25. The standard InChI is InChI=1S/C27H30N2O3S/c1-19-11-12-20(2)26(17-19)29(33(3,31)32)18-21-13-15-23(16-14-21)27(30)28-25-10-6-8-22-7-4-5-9-24(22)25/h4-5,7,9,11-17,25H,6,8,10,18H2,1-3H3,(H,28,30)/t25-/m1/s1. The lowest BCUT2D eigenvalue weighted by Crippen LogP contribution is -2.31. The Kier molecular flexibility index (Phi) is 6.56. The summed E-state index contributed by atoms with van der Waals surface area (Å²) in [5.41, 5.74) is 6.47. The number of carbonyl (C=O) groups is 1. The monoisotopic (exact) mass is 462 g/mol. The van der Waals surface area contributed by atoms with E-state index >= 15 is 0 Å². The van der Waals surface area contributed by atoms with Crippen LogP contribution in [0.1, 0.15) is 57.1 Å². The molecular weight excluding hydrogens is 432 g/mol. The van der Waals surface area contributed by atoms with E-state index in [4.69, 9.17) is 0 Å². The van der Waals surface area contributed by atoms with Crippen molar-refractivity contribution in [3.05, 3.63) is 100 Å². The van der Waals surface area contributed by atoms with Gasteiger partial charge in [-0.2, -0.15) is 0 Å². The highest BCUT2D eigenvalue weighted by atomic mass is 32.2. The van der Waals surface area contributed by atoms with Crippen molar-refractivity contribution in [2.75, 3.05) is 10.6 Å². The van der Waals surface area contributed by atoms with E-state index in [-0.39, 0.29) is 18.5 Å². The fourth-order valence-electron chi connectivity index (χ4n) is 4.44. The first-order valence-corrected chi connectivity index (χ1v) is 13.1. The van der Waals surface area contributed by atoms with Crippen molar-refractivity contribution in [2.24, 2.45) is 0 Å². The molecule has 172 valence electrons. The summed E-state index contributed by atoms with van der Waals surface area (Å²) in [7, 11) is -3.48. The molecule has 0 heterocycles. The number of aryl methyl sites for hydroxylation is 3. The SMILES string of the molecule is Cc1ccc(C)c(N(Cc2ccc(C(=O)N[C@@H]3CCCc4ccccc43)cc2)S(C)(=O)=O)c1. The first kappa shape index (κ1) is 23.1. The highest BCUT2D eigenvalue weighted by molar-refractivity contribution is 7.92. The maximum absolute atomic E-state index is 12.9. The minimum absolute atomic E-state index is 0.0205. The van der Waals surface area contributed by atoms with Gasteiger partial charge in [0.05, 0.1) is 24.5 Å². The van der Waals surface area contributed by atoms with Crippen LogP contribution in [0, 0.1) is 13.8 Å². The van der Waals surface area contributed by atoms with Gasteiger partial charge in [0.25, 0.3) is 5.91 Å². The van der Waals surface area contributed by atoms with Crippen molar-refractivity contribution in [3.8, 4) is 0 Å². The van der Waals surface area contributed by atoms with Gasteiger partial charge in [-0.15, -0.1) is 0 Å².